The molecule has 0 spiro atoms. The monoisotopic (exact) mass is 427 g/mol. The molecule has 0 bridgehead atoms. The summed E-state index contributed by atoms with van der Waals surface area (Å²) >= 11 is 0. The van der Waals surface area contributed by atoms with Crippen LogP contribution in [0.25, 0.3) is 17.2 Å². The van der Waals surface area contributed by atoms with E-state index in [1.54, 1.807) is 17.1 Å². The van der Waals surface area contributed by atoms with Gasteiger partial charge in [-0.15, -0.1) is 0 Å². The third kappa shape index (κ3) is 4.77. The molecule has 3 N–H and O–H groups in total. The number of hydrogen-bond acceptors (Lipinski definition) is 8. The highest BCUT2D eigenvalue weighted by atomic mass is 15.3. The summed E-state index contributed by atoms with van der Waals surface area (Å²) in [5.41, 5.74) is 10.1. The van der Waals surface area contributed by atoms with E-state index in [2.05, 4.69) is 31.8 Å². The molecule has 3 heterocycles. The highest BCUT2D eigenvalue weighted by Crippen LogP contribution is 2.22. The van der Waals surface area contributed by atoms with Gasteiger partial charge in [-0.05, 0) is 30.7 Å². The van der Waals surface area contributed by atoms with Gasteiger partial charge in [0.1, 0.15) is 6.33 Å². The summed E-state index contributed by atoms with van der Waals surface area (Å²) in [6.45, 7) is 2.07. The zero-order valence-electron chi connectivity index (χ0n) is 18.1. The molecule has 0 aliphatic rings. The van der Waals surface area contributed by atoms with Gasteiger partial charge in [-0.1, -0.05) is 31.5 Å². The molecule has 0 aliphatic carbocycles. The number of benzene rings is 1. The van der Waals surface area contributed by atoms with Crippen molar-refractivity contribution in [2.75, 3.05) is 17.7 Å². The number of aromatic nitrogens is 6. The van der Waals surface area contributed by atoms with Crippen LogP contribution in [-0.2, 0) is 6.42 Å². The fourth-order valence-corrected chi connectivity index (χ4v) is 3.27. The maximum absolute atomic E-state index is 7.97. The van der Waals surface area contributed by atoms with Crippen LogP contribution < -0.4 is 10.6 Å². The van der Waals surface area contributed by atoms with E-state index in [1.807, 2.05) is 60.6 Å². The van der Waals surface area contributed by atoms with Crippen LogP contribution in [0.5, 0.6) is 0 Å². The van der Waals surface area contributed by atoms with Crippen LogP contribution in [0, 0.1) is 5.41 Å². The number of hydrogen-bond donors (Lipinski definition) is 2. The predicted octanol–water partition coefficient (Wildman–Crippen LogP) is 3.83. The van der Waals surface area contributed by atoms with Gasteiger partial charge in [-0.2, -0.15) is 15.0 Å². The summed E-state index contributed by atoms with van der Waals surface area (Å²) in [5, 5.41) is 7.97. The fraction of sp³-hybridized carbons (Fsp3) is 0.217. The maximum atomic E-state index is 7.97. The molecule has 0 saturated heterocycles. The van der Waals surface area contributed by atoms with E-state index in [0.717, 1.165) is 35.5 Å². The second kappa shape index (κ2) is 9.34. The lowest BCUT2D eigenvalue weighted by Gasteiger charge is -2.17. The summed E-state index contributed by atoms with van der Waals surface area (Å²) in [5.74, 6) is 0.949. The Hall–Kier alpha value is -4.14. The zero-order chi connectivity index (χ0) is 22.5. The van der Waals surface area contributed by atoms with Crippen molar-refractivity contribution >= 4 is 23.3 Å². The Kier molecular flexibility index (Phi) is 6.16. The highest BCUT2D eigenvalue weighted by molar-refractivity contribution is 5.83. The van der Waals surface area contributed by atoms with Crippen LogP contribution in [0.4, 0.5) is 17.6 Å². The van der Waals surface area contributed by atoms with Crippen LogP contribution in [0.2, 0.25) is 0 Å². The summed E-state index contributed by atoms with van der Waals surface area (Å²) in [7, 11) is 1.88. The molecule has 0 saturated carbocycles. The van der Waals surface area contributed by atoms with Gasteiger partial charge in [-0.25, -0.2) is 4.98 Å². The van der Waals surface area contributed by atoms with Crippen LogP contribution in [-0.4, -0.2) is 42.2 Å². The molecule has 0 aliphatic heterocycles. The minimum absolute atomic E-state index is 0.128. The van der Waals surface area contributed by atoms with E-state index >= 15 is 0 Å². The lowest BCUT2D eigenvalue weighted by molar-refractivity contribution is 0.887. The van der Waals surface area contributed by atoms with Gasteiger partial charge in [0.05, 0.1) is 5.69 Å². The van der Waals surface area contributed by atoms with E-state index in [9.17, 15) is 0 Å². The molecule has 0 amide bonds. The summed E-state index contributed by atoms with van der Waals surface area (Å²) in [4.78, 5) is 23.9. The lowest BCUT2D eigenvalue weighted by Crippen LogP contribution is -2.16. The van der Waals surface area contributed by atoms with Gasteiger partial charge >= 0.3 is 0 Å². The van der Waals surface area contributed by atoms with Crippen molar-refractivity contribution in [1.82, 2.24) is 29.5 Å². The molecular formula is C23H25N9. The normalized spacial score (nSPS) is 10.8. The second-order valence-electron chi connectivity index (χ2n) is 7.42. The third-order valence-corrected chi connectivity index (χ3v) is 4.95. The molecule has 4 aromatic rings. The van der Waals surface area contributed by atoms with Gasteiger partial charge in [0, 0.05) is 48.5 Å². The first-order valence-corrected chi connectivity index (χ1v) is 10.4. The predicted molar refractivity (Wildman–Crippen MR) is 125 cm³/mol. The van der Waals surface area contributed by atoms with Crippen molar-refractivity contribution < 1.29 is 0 Å². The highest BCUT2D eigenvalue weighted by Gasteiger charge is 2.13. The summed E-state index contributed by atoms with van der Waals surface area (Å²) < 4.78 is 1.71. The third-order valence-electron chi connectivity index (χ3n) is 4.95. The number of nitrogen functional groups attached to an aromatic ring is 1. The fourth-order valence-electron chi connectivity index (χ4n) is 3.27. The lowest BCUT2D eigenvalue weighted by atomic mass is 10.1. The standard InChI is InChI=1S/C23H25N9/c1-3-7-17(24)12-18-11-10-16(13-26-18)20-14-32(15-27-20)23-29-21(25)28-22(30-23)31(2)19-8-5-4-6-9-19/h4-6,8-11,13-15,24H,3,7,12H2,1-2H3,(H2,25,28,29,30). The number of rotatable bonds is 8. The number of imidazole rings is 1. The largest absolute Gasteiger partial charge is 0.368 e. The van der Waals surface area contributed by atoms with Crippen LogP contribution in [0.1, 0.15) is 25.5 Å². The second-order valence-corrected chi connectivity index (χ2v) is 7.42. The quantitative estimate of drug-likeness (QED) is 0.410. The average molecular weight is 428 g/mol. The van der Waals surface area contributed by atoms with Crippen molar-refractivity contribution in [1.29, 1.82) is 5.41 Å². The first-order valence-electron chi connectivity index (χ1n) is 10.4. The molecule has 4 rings (SSSR count). The van der Waals surface area contributed by atoms with E-state index in [0.29, 0.717) is 24.0 Å². The van der Waals surface area contributed by atoms with Crippen molar-refractivity contribution in [2.45, 2.75) is 26.2 Å². The number of pyridine rings is 1. The molecule has 3 aromatic heterocycles. The molecule has 1 aromatic carbocycles. The Morgan fingerprint density at radius 3 is 2.59 bits per heavy atom. The van der Waals surface area contributed by atoms with Crippen LogP contribution in [0.3, 0.4) is 0 Å². The molecule has 9 heteroatoms. The molecular weight excluding hydrogens is 402 g/mol. The Bertz CT molecular complexity index is 1200. The van der Waals surface area contributed by atoms with Crippen LogP contribution in [0.15, 0.2) is 61.2 Å². The van der Waals surface area contributed by atoms with E-state index in [4.69, 9.17) is 11.1 Å². The minimum Gasteiger partial charge on any atom is -0.368 e. The first kappa shape index (κ1) is 21.1. The summed E-state index contributed by atoms with van der Waals surface area (Å²) in [6.07, 6.45) is 7.59. The van der Waals surface area contributed by atoms with E-state index in [-0.39, 0.29) is 5.95 Å². The Morgan fingerprint density at radius 2 is 1.88 bits per heavy atom. The van der Waals surface area contributed by atoms with Crippen molar-refractivity contribution in [2.24, 2.45) is 0 Å². The van der Waals surface area contributed by atoms with E-state index in [1.165, 1.54) is 0 Å². The van der Waals surface area contributed by atoms with Gasteiger partial charge in [-0.3, -0.25) is 9.55 Å². The molecule has 32 heavy (non-hydrogen) atoms. The number of nitrogens with two attached hydrogens (primary N) is 1. The summed E-state index contributed by atoms with van der Waals surface area (Å²) in [6, 6.07) is 13.7. The molecule has 0 radical (unpaired) electrons. The molecule has 9 nitrogen and oxygen atoms in total. The average Bonchev–Trinajstić information content (AvgIpc) is 3.30. The smallest absolute Gasteiger partial charge is 0.241 e. The van der Waals surface area contributed by atoms with Gasteiger partial charge in [0.15, 0.2) is 0 Å². The zero-order valence-corrected chi connectivity index (χ0v) is 18.1. The van der Waals surface area contributed by atoms with Gasteiger partial charge < -0.3 is 16.0 Å². The maximum Gasteiger partial charge on any atom is 0.241 e. The number of anilines is 3. The van der Waals surface area contributed by atoms with Crippen molar-refractivity contribution in [3.05, 3.63) is 66.9 Å². The van der Waals surface area contributed by atoms with Crippen LogP contribution >= 0.6 is 0 Å². The number of para-hydroxylation sites is 1. The minimum atomic E-state index is 0.128. The Labute approximate surface area is 186 Å². The van der Waals surface area contributed by atoms with E-state index < -0.39 is 0 Å². The Balaban J connectivity index is 1.56. The van der Waals surface area contributed by atoms with Gasteiger partial charge in [0.25, 0.3) is 0 Å². The SMILES string of the molecule is CCCC(=N)Cc1ccc(-c2cn(-c3nc(N)nc(N(C)c4ccccc4)n3)cn2)cn1. The van der Waals surface area contributed by atoms with Gasteiger partial charge in [0.2, 0.25) is 17.8 Å². The Morgan fingerprint density at radius 1 is 1.06 bits per heavy atom. The van der Waals surface area contributed by atoms with Crippen molar-refractivity contribution in [3.63, 3.8) is 0 Å². The molecule has 0 atom stereocenters. The number of nitrogens with zero attached hydrogens (tertiary/aromatic N) is 7. The molecule has 0 unspecified atom stereocenters. The molecule has 0 fully saturated rings. The van der Waals surface area contributed by atoms with Crippen molar-refractivity contribution in [3.8, 4) is 17.2 Å². The molecule has 162 valence electrons. The first-order chi connectivity index (χ1) is 15.5. The number of nitrogens with one attached hydrogen (secondary N) is 1. The topological polar surface area (TPSA) is 122 Å².